The summed E-state index contributed by atoms with van der Waals surface area (Å²) in [6, 6.07) is 1.77. The van der Waals surface area contributed by atoms with Crippen LogP contribution in [-0.4, -0.2) is 11.7 Å². The summed E-state index contributed by atoms with van der Waals surface area (Å²) in [6.07, 6.45) is 0. The Kier molecular flexibility index (Phi) is 3.78. The lowest BCUT2D eigenvalue weighted by Crippen LogP contribution is -1.63. The molecule has 2 nitrogen and oxygen atoms in total. The van der Waals surface area contributed by atoms with E-state index in [-0.39, 0.29) is 6.54 Å². The van der Waals surface area contributed by atoms with Crippen molar-refractivity contribution in [2.75, 3.05) is 6.54 Å². The molecule has 0 atom stereocenters. The summed E-state index contributed by atoms with van der Waals surface area (Å²) in [5, 5.41) is 9.82. The smallest absolute Gasteiger partial charge is 0.136 e. The van der Waals surface area contributed by atoms with Crippen LogP contribution >= 0.6 is 12.2 Å². The zero-order chi connectivity index (χ0) is 4.83. The van der Waals surface area contributed by atoms with Crippen LogP contribution in [0.5, 0.6) is 0 Å². The molecule has 0 saturated heterocycles. The van der Waals surface area contributed by atoms with Gasteiger partial charge in [-0.25, -0.2) is 4.99 Å². The van der Waals surface area contributed by atoms with Crippen molar-refractivity contribution in [2.24, 2.45) is 4.99 Å². The fraction of sp³-hybridized carbons (Fsp3) is 0.333. The van der Waals surface area contributed by atoms with Crippen LogP contribution in [0.3, 0.4) is 0 Å². The highest BCUT2D eigenvalue weighted by molar-refractivity contribution is 7.78. The lowest BCUT2D eigenvalue weighted by Gasteiger charge is -1.58. The number of isothiocyanates is 1. The third-order valence-corrected chi connectivity index (χ3v) is 0.343. The summed E-state index contributed by atoms with van der Waals surface area (Å²) in [7, 11) is 0. The summed E-state index contributed by atoms with van der Waals surface area (Å²) in [5.74, 6) is 0. The van der Waals surface area contributed by atoms with Crippen LogP contribution in [0.25, 0.3) is 0 Å². The van der Waals surface area contributed by atoms with Crippen LogP contribution in [0.1, 0.15) is 0 Å². The monoisotopic (exact) mass is 98.0 g/mol. The van der Waals surface area contributed by atoms with Gasteiger partial charge in [-0.2, -0.15) is 5.26 Å². The fourth-order valence-electron chi connectivity index (χ4n) is 0.0676. The Hall–Kier alpha value is -0.710. The van der Waals surface area contributed by atoms with E-state index in [1.54, 1.807) is 6.07 Å². The van der Waals surface area contributed by atoms with Crippen LogP contribution < -0.4 is 0 Å². The topological polar surface area (TPSA) is 36.1 Å². The summed E-state index contributed by atoms with van der Waals surface area (Å²) in [5.41, 5.74) is 0. The molecule has 0 spiro atoms. The second-order valence-corrected chi connectivity index (χ2v) is 0.748. The first kappa shape index (κ1) is 5.29. The number of thiocarbonyl (C=S) groups is 1. The van der Waals surface area contributed by atoms with Gasteiger partial charge in [-0.15, -0.1) is 0 Å². The van der Waals surface area contributed by atoms with Gasteiger partial charge >= 0.3 is 0 Å². The molecule has 0 heterocycles. The maximum Gasteiger partial charge on any atom is 0.136 e. The molecule has 0 aliphatic carbocycles. The quantitative estimate of drug-likeness (QED) is 0.274. The summed E-state index contributed by atoms with van der Waals surface area (Å²) in [6.45, 7) is 0.128. The molecule has 0 N–H and O–H groups in total. The lowest BCUT2D eigenvalue weighted by molar-refractivity contribution is 1.26. The van der Waals surface area contributed by atoms with E-state index < -0.39 is 0 Å². The molecule has 30 valence electrons. The van der Waals surface area contributed by atoms with Crippen molar-refractivity contribution in [3.8, 4) is 6.07 Å². The van der Waals surface area contributed by atoms with Crippen molar-refractivity contribution in [1.82, 2.24) is 0 Å². The third-order valence-electron chi connectivity index (χ3n) is 0.214. The van der Waals surface area contributed by atoms with Crippen LogP contribution in [-0.2, 0) is 0 Å². The first-order valence-corrected chi connectivity index (χ1v) is 1.73. The molecular weight excluding hydrogens is 96.1 g/mol. The minimum Gasteiger partial charge on any atom is -0.217 e. The minimum absolute atomic E-state index is 0.128. The highest BCUT2D eigenvalue weighted by Crippen LogP contribution is 1.56. The molecule has 0 unspecified atom stereocenters. The van der Waals surface area contributed by atoms with E-state index in [4.69, 9.17) is 5.26 Å². The van der Waals surface area contributed by atoms with Gasteiger partial charge in [0.15, 0.2) is 0 Å². The molecular formula is C3H2N2S. The Labute approximate surface area is 41.1 Å². The molecule has 6 heavy (non-hydrogen) atoms. The highest BCUT2D eigenvalue weighted by Gasteiger charge is 1.60. The van der Waals surface area contributed by atoms with E-state index in [9.17, 15) is 0 Å². The number of hydrogen-bond donors (Lipinski definition) is 0. The van der Waals surface area contributed by atoms with Crippen molar-refractivity contribution < 1.29 is 0 Å². The van der Waals surface area contributed by atoms with E-state index in [1.807, 2.05) is 0 Å². The second kappa shape index (κ2) is 4.29. The molecule has 0 aromatic rings. The standard InChI is InChI=1S/C3H2N2S/c4-1-2-5-3-6/h2H2. The summed E-state index contributed by atoms with van der Waals surface area (Å²) >= 11 is 4.15. The van der Waals surface area contributed by atoms with Crippen LogP contribution in [0, 0.1) is 11.3 Å². The molecule has 0 aromatic heterocycles. The van der Waals surface area contributed by atoms with Crippen LogP contribution in [0.2, 0.25) is 0 Å². The highest BCUT2D eigenvalue weighted by atomic mass is 32.1. The number of rotatable bonds is 1. The Morgan fingerprint density at radius 1 is 1.83 bits per heavy atom. The Morgan fingerprint density at radius 2 is 2.50 bits per heavy atom. The average molecular weight is 98.1 g/mol. The van der Waals surface area contributed by atoms with Crippen molar-refractivity contribution in [2.45, 2.75) is 0 Å². The first-order valence-electron chi connectivity index (χ1n) is 1.32. The molecule has 0 bridgehead atoms. The number of nitriles is 1. The van der Waals surface area contributed by atoms with Crippen LogP contribution in [0.15, 0.2) is 4.99 Å². The SMILES string of the molecule is N#CCN=C=S. The Bertz CT molecular complexity index is 106. The predicted molar refractivity (Wildman–Crippen MR) is 25.5 cm³/mol. The van der Waals surface area contributed by atoms with Gasteiger partial charge in [0.05, 0.1) is 11.2 Å². The molecule has 0 aliphatic heterocycles. The maximum atomic E-state index is 7.77. The zero-order valence-corrected chi connectivity index (χ0v) is 3.83. The van der Waals surface area contributed by atoms with Gasteiger partial charge in [0.2, 0.25) is 0 Å². The molecule has 0 amide bonds. The van der Waals surface area contributed by atoms with Crippen molar-refractivity contribution in [3.63, 3.8) is 0 Å². The average Bonchev–Trinajstić information content (AvgIpc) is 1.61. The molecule has 0 rings (SSSR count). The van der Waals surface area contributed by atoms with Gasteiger partial charge in [-0.1, -0.05) is 0 Å². The third kappa shape index (κ3) is 3.29. The van der Waals surface area contributed by atoms with E-state index in [0.717, 1.165) is 0 Å². The molecule has 3 heteroatoms. The van der Waals surface area contributed by atoms with Gasteiger partial charge in [-0.3, -0.25) is 0 Å². The molecule has 0 aromatic carbocycles. The van der Waals surface area contributed by atoms with Gasteiger partial charge in [-0.05, 0) is 12.2 Å². The van der Waals surface area contributed by atoms with Crippen molar-refractivity contribution >= 4 is 17.4 Å². The molecule has 0 radical (unpaired) electrons. The van der Waals surface area contributed by atoms with Crippen molar-refractivity contribution in [3.05, 3.63) is 0 Å². The minimum atomic E-state index is 0.128. The Balaban J connectivity index is 3.16. The molecule has 0 saturated carbocycles. The fourth-order valence-corrected chi connectivity index (χ4v) is 0.132. The number of hydrogen-bond acceptors (Lipinski definition) is 3. The van der Waals surface area contributed by atoms with E-state index in [2.05, 4.69) is 22.4 Å². The maximum absolute atomic E-state index is 7.77. The Morgan fingerprint density at radius 3 is 2.67 bits per heavy atom. The largest absolute Gasteiger partial charge is 0.217 e. The zero-order valence-electron chi connectivity index (χ0n) is 3.01. The summed E-state index contributed by atoms with van der Waals surface area (Å²) < 4.78 is 0. The van der Waals surface area contributed by atoms with Crippen LogP contribution in [0.4, 0.5) is 0 Å². The van der Waals surface area contributed by atoms with Crippen molar-refractivity contribution in [1.29, 1.82) is 5.26 Å². The van der Waals surface area contributed by atoms with E-state index >= 15 is 0 Å². The van der Waals surface area contributed by atoms with E-state index in [1.165, 1.54) is 0 Å². The molecule has 0 fully saturated rings. The molecule has 0 aliphatic rings. The lowest BCUT2D eigenvalue weighted by atomic mass is 10.8. The summed E-state index contributed by atoms with van der Waals surface area (Å²) in [4.78, 5) is 3.29. The number of nitrogens with zero attached hydrogens (tertiary/aromatic N) is 2. The normalized spacial score (nSPS) is 5.17. The predicted octanol–water partition coefficient (Wildman–Crippen LogP) is 0.613. The second-order valence-electron chi connectivity index (χ2n) is 0.566. The van der Waals surface area contributed by atoms with Gasteiger partial charge in [0.25, 0.3) is 0 Å². The van der Waals surface area contributed by atoms with E-state index in [0.29, 0.717) is 0 Å². The van der Waals surface area contributed by atoms with Gasteiger partial charge in [0.1, 0.15) is 6.54 Å². The number of aliphatic imine (C=N–C) groups is 1. The first-order chi connectivity index (χ1) is 2.91. The van der Waals surface area contributed by atoms with Gasteiger partial charge < -0.3 is 0 Å². The van der Waals surface area contributed by atoms with Gasteiger partial charge in [0, 0.05) is 0 Å².